The van der Waals surface area contributed by atoms with Crippen LogP contribution in [0.1, 0.15) is 15.9 Å². The van der Waals surface area contributed by atoms with Gasteiger partial charge in [0.2, 0.25) is 0 Å². The van der Waals surface area contributed by atoms with Crippen molar-refractivity contribution in [1.82, 2.24) is 0 Å². The van der Waals surface area contributed by atoms with Gasteiger partial charge in [0.25, 0.3) is 5.91 Å². The lowest BCUT2D eigenvalue weighted by molar-refractivity contribution is 0.0993. The van der Waals surface area contributed by atoms with Crippen molar-refractivity contribution in [3.8, 4) is 0 Å². The Balaban J connectivity index is 2.30. The maximum absolute atomic E-state index is 12.4. The smallest absolute Gasteiger partial charge is 0.258 e. The van der Waals surface area contributed by atoms with Crippen LogP contribution in [0.2, 0.25) is 0 Å². The van der Waals surface area contributed by atoms with Gasteiger partial charge < -0.3 is 10.2 Å². The minimum atomic E-state index is -0.0114. The molecular formula is C16H18N2O. The van der Waals surface area contributed by atoms with Gasteiger partial charge >= 0.3 is 0 Å². The number of anilines is 2. The molecular weight excluding hydrogens is 236 g/mol. The highest BCUT2D eigenvalue weighted by Gasteiger charge is 2.15. The highest BCUT2D eigenvalue weighted by molar-refractivity contribution is 6.07. The van der Waals surface area contributed by atoms with Gasteiger partial charge in [0, 0.05) is 19.7 Å². The number of carbonyl (C=O) groups is 1. The van der Waals surface area contributed by atoms with E-state index in [1.807, 2.05) is 62.5 Å². The van der Waals surface area contributed by atoms with Crippen molar-refractivity contribution < 1.29 is 4.79 Å². The highest BCUT2D eigenvalue weighted by Crippen LogP contribution is 2.25. The molecule has 0 saturated carbocycles. The predicted octanol–water partition coefficient (Wildman–Crippen LogP) is 3.31. The number of hydrogen-bond donors (Lipinski definition) is 1. The van der Waals surface area contributed by atoms with Crippen molar-refractivity contribution in [3.63, 3.8) is 0 Å². The van der Waals surface area contributed by atoms with Gasteiger partial charge in [0.05, 0.1) is 11.4 Å². The molecule has 0 aliphatic carbocycles. The minimum Gasteiger partial charge on any atom is -0.386 e. The van der Waals surface area contributed by atoms with E-state index in [4.69, 9.17) is 0 Å². The molecule has 19 heavy (non-hydrogen) atoms. The molecule has 0 aromatic heterocycles. The Morgan fingerprint density at radius 1 is 1.05 bits per heavy atom. The average molecular weight is 254 g/mol. The number of benzene rings is 2. The minimum absolute atomic E-state index is 0.0114. The van der Waals surface area contributed by atoms with E-state index < -0.39 is 0 Å². The molecule has 1 amide bonds. The van der Waals surface area contributed by atoms with Gasteiger partial charge in [-0.2, -0.15) is 0 Å². The van der Waals surface area contributed by atoms with Crippen LogP contribution in [0.3, 0.4) is 0 Å². The molecule has 0 saturated heterocycles. The van der Waals surface area contributed by atoms with Crippen molar-refractivity contribution >= 4 is 17.3 Å². The third-order valence-corrected chi connectivity index (χ3v) is 3.14. The lowest BCUT2D eigenvalue weighted by Crippen LogP contribution is -2.26. The second-order valence-electron chi connectivity index (χ2n) is 4.50. The van der Waals surface area contributed by atoms with E-state index in [0.717, 1.165) is 16.9 Å². The number of nitrogens with one attached hydrogen (secondary N) is 1. The molecule has 0 aliphatic rings. The van der Waals surface area contributed by atoms with Crippen LogP contribution in [-0.4, -0.2) is 20.0 Å². The maximum Gasteiger partial charge on any atom is 0.258 e. The zero-order valence-corrected chi connectivity index (χ0v) is 11.5. The summed E-state index contributed by atoms with van der Waals surface area (Å²) in [6.45, 7) is 2.01. The lowest BCUT2D eigenvalue weighted by Gasteiger charge is -2.20. The molecule has 0 radical (unpaired) electrons. The lowest BCUT2D eigenvalue weighted by atomic mass is 10.1. The fourth-order valence-electron chi connectivity index (χ4n) is 1.98. The molecule has 0 unspecified atom stereocenters. The fourth-order valence-corrected chi connectivity index (χ4v) is 1.98. The van der Waals surface area contributed by atoms with Crippen molar-refractivity contribution in [1.29, 1.82) is 0 Å². The predicted molar refractivity (Wildman–Crippen MR) is 79.9 cm³/mol. The van der Waals surface area contributed by atoms with E-state index in [-0.39, 0.29) is 5.91 Å². The Labute approximate surface area is 113 Å². The van der Waals surface area contributed by atoms with E-state index >= 15 is 0 Å². The van der Waals surface area contributed by atoms with E-state index in [2.05, 4.69) is 5.32 Å². The quantitative estimate of drug-likeness (QED) is 0.911. The number of nitrogens with zero attached hydrogens (tertiary/aromatic N) is 1. The molecule has 2 aromatic carbocycles. The van der Waals surface area contributed by atoms with Gasteiger partial charge in [-0.15, -0.1) is 0 Å². The number of aryl methyl sites for hydroxylation is 1. The van der Waals surface area contributed by atoms with Gasteiger partial charge in [-0.25, -0.2) is 0 Å². The topological polar surface area (TPSA) is 32.3 Å². The standard InChI is InChI=1S/C16H18N2O/c1-12-8-10-13(11-9-12)16(19)18(3)15-7-5-4-6-14(15)17-2/h4-11,17H,1-3H3. The molecule has 3 heteroatoms. The van der Waals surface area contributed by atoms with E-state index in [9.17, 15) is 4.79 Å². The van der Waals surface area contributed by atoms with Crippen molar-refractivity contribution in [2.24, 2.45) is 0 Å². The van der Waals surface area contributed by atoms with Crippen LogP contribution in [0.25, 0.3) is 0 Å². The van der Waals surface area contributed by atoms with Gasteiger partial charge in [-0.1, -0.05) is 29.8 Å². The summed E-state index contributed by atoms with van der Waals surface area (Å²) in [5.41, 5.74) is 3.65. The molecule has 0 spiro atoms. The summed E-state index contributed by atoms with van der Waals surface area (Å²) >= 11 is 0. The second kappa shape index (κ2) is 5.57. The summed E-state index contributed by atoms with van der Waals surface area (Å²) < 4.78 is 0. The number of para-hydroxylation sites is 2. The summed E-state index contributed by atoms with van der Waals surface area (Å²) in [4.78, 5) is 14.1. The molecule has 0 bridgehead atoms. The first-order valence-corrected chi connectivity index (χ1v) is 6.25. The van der Waals surface area contributed by atoms with E-state index in [1.54, 1.807) is 11.9 Å². The molecule has 0 aliphatic heterocycles. The Morgan fingerprint density at radius 2 is 1.68 bits per heavy atom. The molecule has 0 heterocycles. The zero-order chi connectivity index (χ0) is 13.8. The van der Waals surface area contributed by atoms with Gasteiger partial charge in [-0.3, -0.25) is 4.79 Å². The highest BCUT2D eigenvalue weighted by atomic mass is 16.2. The molecule has 1 N–H and O–H groups in total. The summed E-state index contributed by atoms with van der Waals surface area (Å²) in [7, 11) is 3.64. The van der Waals surface area contributed by atoms with Gasteiger partial charge in [0.15, 0.2) is 0 Å². The first-order valence-electron chi connectivity index (χ1n) is 6.25. The van der Waals surface area contributed by atoms with Crippen molar-refractivity contribution in [2.45, 2.75) is 6.92 Å². The van der Waals surface area contributed by atoms with Crippen LogP contribution in [0.5, 0.6) is 0 Å². The molecule has 0 fully saturated rings. The summed E-state index contributed by atoms with van der Waals surface area (Å²) in [5, 5.41) is 3.10. The number of carbonyl (C=O) groups excluding carboxylic acids is 1. The summed E-state index contributed by atoms with van der Waals surface area (Å²) in [6.07, 6.45) is 0. The van der Waals surface area contributed by atoms with Crippen LogP contribution in [-0.2, 0) is 0 Å². The third-order valence-electron chi connectivity index (χ3n) is 3.14. The SMILES string of the molecule is CNc1ccccc1N(C)C(=O)c1ccc(C)cc1. The van der Waals surface area contributed by atoms with Crippen LogP contribution >= 0.6 is 0 Å². The van der Waals surface area contributed by atoms with Gasteiger partial charge in [-0.05, 0) is 31.2 Å². The second-order valence-corrected chi connectivity index (χ2v) is 4.50. The Morgan fingerprint density at radius 3 is 2.32 bits per heavy atom. The van der Waals surface area contributed by atoms with E-state index in [0.29, 0.717) is 5.56 Å². The normalized spacial score (nSPS) is 10.1. The molecule has 0 atom stereocenters. The van der Waals surface area contributed by atoms with Crippen molar-refractivity contribution in [3.05, 3.63) is 59.7 Å². The Hall–Kier alpha value is -2.29. The van der Waals surface area contributed by atoms with E-state index in [1.165, 1.54) is 0 Å². The largest absolute Gasteiger partial charge is 0.386 e. The monoisotopic (exact) mass is 254 g/mol. The van der Waals surface area contributed by atoms with Crippen LogP contribution in [0.4, 0.5) is 11.4 Å². The first-order chi connectivity index (χ1) is 9.13. The zero-order valence-electron chi connectivity index (χ0n) is 11.5. The third kappa shape index (κ3) is 2.76. The number of amides is 1. The number of hydrogen-bond acceptors (Lipinski definition) is 2. The van der Waals surface area contributed by atoms with Crippen LogP contribution in [0, 0.1) is 6.92 Å². The van der Waals surface area contributed by atoms with Crippen molar-refractivity contribution in [2.75, 3.05) is 24.3 Å². The maximum atomic E-state index is 12.4. The number of rotatable bonds is 3. The average Bonchev–Trinajstić information content (AvgIpc) is 2.46. The molecule has 98 valence electrons. The van der Waals surface area contributed by atoms with Crippen LogP contribution < -0.4 is 10.2 Å². The summed E-state index contributed by atoms with van der Waals surface area (Å²) in [6, 6.07) is 15.4. The molecule has 2 aromatic rings. The first kappa shape index (κ1) is 13.1. The fraction of sp³-hybridized carbons (Fsp3) is 0.188. The van der Waals surface area contributed by atoms with Gasteiger partial charge in [0.1, 0.15) is 0 Å². The summed E-state index contributed by atoms with van der Waals surface area (Å²) in [5.74, 6) is -0.0114. The Bertz CT molecular complexity index is 576. The Kier molecular flexibility index (Phi) is 3.85. The molecule has 3 nitrogen and oxygen atoms in total. The van der Waals surface area contributed by atoms with Crippen LogP contribution in [0.15, 0.2) is 48.5 Å². The molecule has 2 rings (SSSR count).